The van der Waals surface area contributed by atoms with Gasteiger partial charge in [0.15, 0.2) is 0 Å². The molecule has 72 valence electrons. The Bertz CT molecular complexity index is 272. The van der Waals surface area contributed by atoms with Crippen LogP contribution in [0.25, 0.3) is 0 Å². The molecule has 1 aliphatic heterocycles. The van der Waals surface area contributed by atoms with Crippen molar-refractivity contribution in [1.29, 1.82) is 0 Å². The Kier molecular flexibility index (Phi) is 2.98. The number of fused-ring (bicyclic) bond motifs is 1. The smallest absolute Gasteiger partial charge is 0.0661 e. The van der Waals surface area contributed by atoms with E-state index in [0.717, 1.165) is 19.8 Å². The summed E-state index contributed by atoms with van der Waals surface area (Å²) in [6, 6.07) is 2.64. The van der Waals surface area contributed by atoms with Crippen LogP contribution < -0.4 is 5.32 Å². The van der Waals surface area contributed by atoms with Crippen LogP contribution in [-0.4, -0.2) is 19.8 Å². The van der Waals surface area contributed by atoms with Gasteiger partial charge in [0, 0.05) is 18.0 Å². The van der Waals surface area contributed by atoms with Gasteiger partial charge >= 0.3 is 0 Å². The summed E-state index contributed by atoms with van der Waals surface area (Å²) in [6.45, 7) is 4.74. The summed E-state index contributed by atoms with van der Waals surface area (Å²) in [5.41, 5.74) is 1.45. The molecule has 1 aliphatic rings. The highest BCUT2D eigenvalue weighted by atomic mass is 32.1. The van der Waals surface area contributed by atoms with Crippen molar-refractivity contribution in [3.63, 3.8) is 0 Å². The van der Waals surface area contributed by atoms with Crippen molar-refractivity contribution in [3.05, 3.63) is 21.9 Å². The zero-order valence-electron chi connectivity index (χ0n) is 7.88. The summed E-state index contributed by atoms with van der Waals surface area (Å²) in [4.78, 5) is 1.53. The van der Waals surface area contributed by atoms with Gasteiger partial charge in [-0.3, -0.25) is 0 Å². The van der Waals surface area contributed by atoms with Gasteiger partial charge in [-0.05, 0) is 30.4 Å². The lowest BCUT2D eigenvalue weighted by molar-refractivity contribution is 0.121. The van der Waals surface area contributed by atoms with Crippen molar-refractivity contribution in [2.45, 2.75) is 19.4 Å². The second kappa shape index (κ2) is 4.22. The molecule has 2 heterocycles. The summed E-state index contributed by atoms with van der Waals surface area (Å²) < 4.78 is 5.44. The molecule has 3 heteroatoms. The van der Waals surface area contributed by atoms with E-state index < -0.39 is 0 Å². The minimum absolute atomic E-state index is 0.426. The summed E-state index contributed by atoms with van der Waals surface area (Å²) in [5.74, 6) is 0. The molecule has 2 rings (SSSR count). The molecule has 0 aromatic carbocycles. The first-order valence-electron chi connectivity index (χ1n) is 4.79. The fraction of sp³-hybridized carbons (Fsp3) is 0.600. The van der Waals surface area contributed by atoms with E-state index in [-0.39, 0.29) is 0 Å². The summed E-state index contributed by atoms with van der Waals surface area (Å²) in [6.07, 6.45) is 1.18. The molecule has 0 unspecified atom stereocenters. The Hall–Kier alpha value is -0.380. The van der Waals surface area contributed by atoms with Gasteiger partial charge in [0.2, 0.25) is 0 Å². The zero-order chi connectivity index (χ0) is 9.10. The van der Waals surface area contributed by atoms with Gasteiger partial charge in [-0.15, -0.1) is 11.3 Å². The van der Waals surface area contributed by atoms with E-state index in [1.54, 1.807) is 0 Å². The highest BCUT2D eigenvalue weighted by Gasteiger charge is 2.19. The number of thiophene rings is 1. The number of hydrogen-bond donors (Lipinski definition) is 1. The van der Waals surface area contributed by atoms with Gasteiger partial charge in [-0.1, -0.05) is 0 Å². The van der Waals surface area contributed by atoms with Gasteiger partial charge in [-0.2, -0.15) is 0 Å². The minimum atomic E-state index is 0.426. The minimum Gasteiger partial charge on any atom is -0.380 e. The average molecular weight is 197 g/mol. The predicted molar refractivity (Wildman–Crippen MR) is 55.3 cm³/mol. The molecule has 2 nitrogen and oxygen atoms in total. The van der Waals surface area contributed by atoms with Crippen LogP contribution in [0.4, 0.5) is 0 Å². The third-order valence-corrected chi connectivity index (χ3v) is 3.38. The molecule has 0 saturated heterocycles. The third kappa shape index (κ3) is 1.93. The molecule has 0 saturated carbocycles. The van der Waals surface area contributed by atoms with Gasteiger partial charge in [0.1, 0.15) is 0 Å². The molecule has 0 aliphatic carbocycles. The number of hydrogen-bond acceptors (Lipinski definition) is 3. The average Bonchev–Trinajstić information content (AvgIpc) is 2.62. The van der Waals surface area contributed by atoms with Gasteiger partial charge in [0.05, 0.1) is 12.6 Å². The third-order valence-electron chi connectivity index (χ3n) is 2.39. The standard InChI is InChI=1S/C10H15NOS/c1-2-12-7-9-8-4-6-13-10(8)3-5-11-9/h4,6,9,11H,2-3,5,7H2,1H3/t9-/m0/s1. The van der Waals surface area contributed by atoms with E-state index in [4.69, 9.17) is 4.74 Å². The number of rotatable bonds is 3. The van der Waals surface area contributed by atoms with Gasteiger partial charge in [-0.25, -0.2) is 0 Å². The van der Waals surface area contributed by atoms with Crippen LogP contribution in [-0.2, 0) is 11.2 Å². The Morgan fingerprint density at radius 2 is 2.62 bits per heavy atom. The molecule has 13 heavy (non-hydrogen) atoms. The fourth-order valence-corrected chi connectivity index (χ4v) is 2.66. The Morgan fingerprint density at radius 1 is 1.69 bits per heavy atom. The van der Waals surface area contributed by atoms with E-state index in [1.165, 1.54) is 16.9 Å². The van der Waals surface area contributed by atoms with Crippen LogP contribution in [0.3, 0.4) is 0 Å². The van der Waals surface area contributed by atoms with E-state index in [1.807, 2.05) is 18.3 Å². The molecule has 0 bridgehead atoms. The van der Waals surface area contributed by atoms with E-state index in [2.05, 4.69) is 16.8 Å². The second-order valence-corrected chi connectivity index (χ2v) is 4.22. The molecule has 1 aromatic heterocycles. The van der Waals surface area contributed by atoms with Crippen molar-refractivity contribution in [3.8, 4) is 0 Å². The first-order valence-corrected chi connectivity index (χ1v) is 5.67. The van der Waals surface area contributed by atoms with Crippen LogP contribution in [0.5, 0.6) is 0 Å². The maximum atomic E-state index is 5.44. The van der Waals surface area contributed by atoms with Crippen LogP contribution in [0, 0.1) is 0 Å². The molecular weight excluding hydrogens is 182 g/mol. The van der Waals surface area contributed by atoms with Crippen molar-refractivity contribution >= 4 is 11.3 Å². The first kappa shape index (κ1) is 9.19. The number of ether oxygens (including phenoxy) is 1. The summed E-state index contributed by atoms with van der Waals surface area (Å²) in [5, 5.41) is 5.66. The summed E-state index contributed by atoms with van der Waals surface area (Å²) >= 11 is 1.87. The fourth-order valence-electron chi connectivity index (χ4n) is 1.72. The number of nitrogens with one attached hydrogen (secondary N) is 1. The second-order valence-electron chi connectivity index (χ2n) is 3.22. The highest BCUT2D eigenvalue weighted by molar-refractivity contribution is 7.10. The molecule has 1 N–H and O–H groups in total. The monoisotopic (exact) mass is 197 g/mol. The predicted octanol–water partition coefficient (Wildman–Crippen LogP) is 1.97. The molecule has 0 fully saturated rings. The lowest BCUT2D eigenvalue weighted by atomic mass is 10.0. The van der Waals surface area contributed by atoms with E-state index in [9.17, 15) is 0 Å². The molecule has 1 aromatic rings. The lowest BCUT2D eigenvalue weighted by Gasteiger charge is -2.23. The van der Waals surface area contributed by atoms with Gasteiger partial charge in [0.25, 0.3) is 0 Å². The van der Waals surface area contributed by atoms with Crippen LogP contribution in [0.2, 0.25) is 0 Å². The van der Waals surface area contributed by atoms with Crippen molar-refractivity contribution in [2.24, 2.45) is 0 Å². The zero-order valence-corrected chi connectivity index (χ0v) is 8.69. The SMILES string of the molecule is CCOC[C@@H]1NCCc2sccc21. The maximum absolute atomic E-state index is 5.44. The molecule has 0 spiro atoms. The van der Waals surface area contributed by atoms with Crippen molar-refractivity contribution in [2.75, 3.05) is 19.8 Å². The Labute approximate surface area is 82.9 Å². The largest absolute Gasteiger partial charge is 0.380 e. The molecule has 0 radical (unpaired) electrons. The quantitative estimate of drug-likeness (QED) is 0.800. The van der Waals surface area contributed by atoms with Crippen LogP contribution in [0.15, 0.2) is 11.4 Å². The molecule has 0 amide bonds. The van der Waals surface area contributed by atoms with E-state index in [0.29, 0.717) is 6.04 Å². The normalized spacial score (nSPS) is 21.5. The maximum Gasteiger partial charge on any atom is 0.0661 e. The molecular formula is C10H15NOS. The van der Waals surface area contributed by atoms with Crippen LogP contribution in [0.1, 0.15) is 23.4 Å². The first-order chi connectivity index (χ1) is 6.42. The Balaban J connectivity index is 2.07. The van der Waals surface area contributed by atoms with Crippen molar-refractivity contribution < 1.29 is 4.74 Å². The highest BCUT2D eigenvalue weighted by Crippen LogP contribution is 2.27. The Morgan fingerprint density at radius 3 is 3.46 bits per heavy atom. The van der Waals surface area contributed by atoms with Crippen molar-refractivity contribution in [1.82, 2.24) is 5.32 Å². The lowest BCUT2D eigenvalue weighted by Crippen LogP contribution is -2.31. The molecule has 1 atom stereocenters. The summed E-state index contributed by atoms with van der Waals surface area (Å²) in [7, 11) is 0. The van der Waals surface area contributed by atoms with Crippen LogP contribution >= 0.6 is 11.3 Å². The topological polar surface area (TPSA) is 21.3 Å². The van der Waals surface area contributed by atoms with E-state index >= 15 is 0 Å². The van der Waals surface area contributed by atoms with Gasteiger partial charge < -0.3 is 10.1 Å².